The van der Waals surface area contributed by atoms with Crippen molar-refractivity contribution >= 4 is 23.5 Å². The van der Waals surface area contributed by atoms with Gasteiger partial charge in [-0.15, -0.1) is 0 Å². The lowest BCUT2D eigenvalue weighted by Gasteiger charge is -2.23. The lowest BCUT2D eigenvalue weighted by Crippen LogP contribution is -2.43. The summed E-state index contributed by atoms with van der Waals surface area (Å²) in [5, 5.41) is 2.74. The molecule has 6 heteroatoms. The predicted molar refractivity (Wildman–Crippen MR) is 104 cm³/mol. The molecule has 6 nitrogen and oxygen atoms in total. The molecule has 2 atom stereocenters. The van der Waals surface area contributed by atoms with Gasteiger partial charge in [-0.1, -0.05) is 32.0 Å². The first-order chi connectivity index (χ1) is 12.6. The summed E-state index contributed by atoms with van der Waals surface area (Å²) >= 11 is 0. The number of nitrogens with zero attached hydrogens (tertiary/aromatic N) is 1. The highest BCUT2D eigenvalue weighted by Crippen LogP contribution is 2.33. The van der Waals surface area contributed by atoms with E-state index >= 15 is 0 Å². The molecule has 2 rings (SSSR count). The second-order valence-corrected chi connectivity index (χ2v) is 8.18. The maximum absolute atomic E-state index is 12.5. The maximum atomic E-state index is 12.5. The first kappa shape index (κ1) is 20.9. The van der Waals surface area contributed by atoms with Gasteiger partial charge in [-0.2, -0.15) is 0 Å². The van der Waals surface area contributed by atoms with Crippen LogP contribution in [0.3, 0.4) is 0 Å². The van der Waals surface area contributed by atoms with E-state index in [0.717, 1.165) is 17.7 Å². The van der Waals surface area contributed by atoms with Gasteiger partial charge in [-0.25, -0.2) is 0 Å². The lowest BCUT2D eigenvalue weighted by molar-refractivity contribution is -0.152. The summed E-state index contributed by atoms with van der Waals surface area (Å²) in [4.78, 5) is 38.3. The van der Waals surface area contributed by atoms with Crippen LogP contribution in [0.5, 0.6) is 0 Å². The molecular formula is C21H30N2O4. The average molecular weight is 374 g/mol. The molecule has 1 heterocycles. The number of nitrogens with one attached hydrogen (secondary N) is 1. The molecule has 1 aliphatic heterocycles. The Morgan fingerprint density at radius 3 is 2.59 bits per heavy atom. The van der Waals surface area contributed by atoms with Crippen molar-refractivity contribution in [3.8, 4) is 0 Å². The Kier molecular flexibility index (Phi) is 6.63. The fourth-order valence-corrected chi connectivity index (χ4v) is 3.18. The van der Waals surface area contributed by atoms with E-state index < -0.39 is 11.9 Å². The minimum atomic E-state index is -0.551. The summed E-state index contributed by atoms with van der Waals surface area (Å²) in [5.41, 5.74) is 1.58. The molecule has 0 saturated carbocycles. The van der Waals surface area contributed by atoms with Crippen LogP contribution in [0.1, 0.15) is 58.9 Å². The largest absolute Gasteiger partial charge is 0.455 e. The fraction of sp³-hybridized carbons (Fsp3) is 0.571. The number of carbonyl (C=O) groups excluding carboxylic acids is 3. The van der Waals surface area contributed by atoms with Crippen molar-refractivity contribution in [3.05, 3.63) is 29.8 Å². The van der Waals surface area contributed by atoms with Crippen molar-refractivity contribution in [1.29, 1.82) is 0 Å². The Morgan fingerprint density at radius 1 is 1.30 bits per heavy atom. The number of ether oxygens (including phenoxy) is 1. The third-order valence-electron chi connectivity index (χ3n) is 4.69. The molecule has 0 unspecified atom stereocenters. The van der Waals surface area contributed by atoms with Gasteiger partial charge in [0.15, 0.2) is 6.61 Å². The van der Waals surface area contributed by atoms with Gasteiger partial charge >= 0.3 is 5.97 Å². The van der Waals surface area contributed by atoms with E-state index in [2.05, 4.69) is 19.2 Å². The Bertz CT molecular complexity index is 708. The molecule has 1 aromatic carbocycles. The normalized spacial score (nSPS) is 18.3. The van der Waals surface area contributed by atoms with Crippen molar-refractivity contribution in [2.24, 2.45) is 5.92 Å². The number of anilines is 1. The second-order valence-electron chi connectivity index (χ2n) is 8.18. The highest BCUT2D eigenvalue weighted by Gasteiger charge is 2.37. The first-order valence-corrected chi connectivity index (χ1v) is 9.49. The van der Waals surface area contributed by atoms with Gasteiger partial charge in [0.1, 0.15) is 0 Å². The zero-order valence-electron chi connectivity index (χ0n) is 16.9. The molecular weight excluding hydrogens is 344 g/mol. The van der Waals surface area contributed by atoms with Crippen LogP contribution in [-0.2, 0) is 19.1 Å². The minimum absolute atomic E-state index is 0.0909. The second kappa shape index (κ2) is 8.55. The summed E-state index contributed by atoms with van der Waals surface area (Å²) in [6.45, 7) is 9.75. The van der Waals surface area contributed by atoms with Crippen LogP contribution < -0.4 is 10.2 Å². The number of carbonyl (C=O) groups is 3. The predicted octanol–water partition coefficient (Wildman–Crippen LogP) is 3.01. The van der Waals surface area contributed by atoms with Crippen molar-refractivity contribution in [1.82, 2.24) is 5.32 Å². The van der Waals surface area contributed by atoms with E-state index in [0.29, 0.717) is 5.92 Å². The first-order valence-electron chi connectivity index (χ1n) is 9.49. The van der Waals surface area contributed by atoms with Crippen LogP contribution in [0.4, 0.5) is 5.69 Å². The smallest absolute Gasteiger partial charge is 0.311 e. The van der Waals surface area contributed by atoms with Gasteiger partial charge in [-0.05, 0) is 44.7 Å². The maximum Gasteiger partial charge on any atom is 0.311 e. The number of benzene rings is 1. The number of hydrogen-bond donors (Lipinski definition) is 1. The standard InChI is InChI=1S/C21H30N2O4/c1-6-14(2)16-9-7-8-10-17(16)23-12-15(11-19(23)25)20(26)27-13-18(24)22-21(3,4)5/h7-10,14-15H,6,11-13H2,1-5H3,(H,22,24)/t14-,15+/m0/s1. The monoisotopic (exact) mass is 374 g/mol. The van der Waals surface area contributed by atoms with Crippen molar-refractivity contribution < 1.29 is 19.1 Å². The van der Waals surface area contributed by atoms with E-state index in [-0.39, 0.29) is 36.9 Å². The quantitative estimate of drug-likeness (QED) is 0.777. The van der Waals surface area contributed by atoms with Gasteiger partial charge in [0, 0.05) is 24.2 Å². The number of para-hydroxylation sites is 1. The van der Waals surface area contributed by atoms with Crippen LogP contribution in [0.25, 0.3) is 0 Å². The van der Waals surface area contributed by atoms with Crippen molar-refractivity contribution in [3.63, 3.8) is 0 Å². The van der Waals surface area contributed by atoms with E-state index in [9.17, 15) is 14.4 Å². The van der Waals surface area contributed by atoms with Crippen LogP contribution in [0.15, 0.2) is 24.3 Å². The number of rotatable bonds is 6. The molecule has 1 fully saturated rings. The Hall–Kier alpha value is -2.37. The SMILES string of the molecule is CC[C@H](C)c1ccccc1N1C[C@H](C(=O)OCC(=O)NC(C)(C)C)CC1=O. The summed E-state index contributed by atoms with van der Waals surface area (Å²) < 4.78 is 5.14. The highest BCUT2D eigenvalue weighted by molar-refractivity contribution is 6.00. The third-order valence-corrected chi connectivity index (χ3v) is 4.69. The highest BCUT2D eigenvalue weighted by atomic mass is 16.5. The van der Waals surface area contributed by atoms with Crippen molar-refractivity contribution in [2.45, 2.75) is 58.9 Å². The van der Waals surface area contributed by atoms with Gasteiger partial charge < -0.3 is 15.0 Å². The lowest BCUT2D eigenvalue weighted by atomic mass is 9.96. The average Bonchev–Trinajstić information content (AvgIpc) is 2.99. The zero-order chi connectivity index (χ0) is 20.2. The summed E-state index contributed by atoms with van der Waals surface area (Å²) in [6, 6.07) is 7.81. The molecule has 0 spiro atoms. The molecule has 1 aromatic rings. The molecule has 0 aliphatic carbocycles. The molecule has 0 aromatic heterocycles. The number of esters is 1. The van der Waals surface area contributed by atoms with Crippen LogP contribution in [0, 0.1) is 5.92 Å². The van der Waals surface area contributed by atoms with Crippen LogP contribution in [-0.4, -0.2) is 36.5 Å². The Morgan fingerprint density at radius 2 is 1.96 bits per heavy atom. The molecule has 1 N–H and O–H groups in total. The topological polar surface area (TPSA) is 75.7 Å². The molecule has 0 bridgehead atoms. The van der Waals surface area contributed by atoms with Gasteiger partial charge in [0.2, 0.25) is 5.91 Å². The fourth-order valence-electron chi connectivity index (χ4n) is 3.18. The third kappa shape index (κ3) is 5.55. The Labute approximate surface area is 161 Å². The number of amides is 2. The van der Waals surface area contributed by atoms with E-state index in [4.69, 9.17) is 4.74 Å². The van der Waals surface area contributed by atoms with Gasteiger partial charge in [0.25, 0.3) is 5.91 Å². The molecule has 2 amide bonds. The van der Waals surface area contributed by atoms with Gasteiger partial charge in [-0.3, -0.25) is 14.4 Å². The van der Waals surface area contributed by atoms with Crippen molar-refractivity contribution in [2.75, 3.05) is 18.1 Å². The minimum Gasteiger partial charge on any atom is -0.455 e. The van der Waals surface area contributed by atoms with E-state index in [1.807, 2.05) is 45.0 Å². The summed E-state index contributed by atoms with van der Waals surface area (Å²) in [6.07, 6.45) is 1.07. The molecule has 0 radical (unpaired) electrons. The molecule has 1 saturated heterocycles. The molecule has 148 valence electrons. The molecule has 27 heavy (non-hydrogen) atoms. The van der Waals surface area contributed by atoms with Crippen LogP contribution >= 0.6 is 0 Å². The summed E-state index contributed by atoms with van der Waals surface area (Å²) in [7, 11) is 0. The van der Waals surface area contributed by atoms with Gasteiger partial charge in [0.05, 0.1) is 5.92 Å². The van der Waals surface area contributed by atoms with E-state index in [1.54, 1.807) is 4.90 Å². The summed E-state index contributed by atoms with van der Waals surface area (Å²) in [5.74, 6) is -1.17. The van der Waals surface area contributed by atoms with E-state index in [1.165, 1.54) is 0 Å². The zero-order valence-corrected chi connectivity index (χ0v) is 16.9. The van der Waals surface area contributed by atoms with Crippen LogP contribution in [0.2, 0.25) is 0 Å². The molecule has 1 aliphatic rings. The Balaban J connectivity index is 2.01. The number of hydrogen-bond acceptors (Lipinski definition) is 4.